The van der Waals surface area contributed by atoms with Crippen molar-refractivity contribution in [1.29, 1.82) is 0 Å². The predicted octanol–water partition coefficient (Wildman–Crippen LogP) is 12.1. The first-order chi connectivity index (χ1) is 16.8. The molecule has 0 saturated heterocycles. The molecule has 3 aromatic rings. The molecular formula is C30H39F6PS. The minimum atomic E-state index is -10.7. The molecule has 0 nitrogen and oxygen atoms in total. The van der Waals surface area contributed by atoms with E-state index >= 15 is 0 Å². The van der Waals surface area contributed by atoms with Crippen molar-refractivity contribution in [3.8, 4) is 0 Å². The van der Waals surface area contributed by atoms with Gasteiger partial charge in [-0.1, -0.05) is 117 Å². The Balaban J connectivity index is 0.000000638. The van der Waals surface area contributed by atoms with Crippen molar-refractivity contribution in [3.63, 3.8) is 0 Å². The molecule has 0 amide bonds. The van der Waals surface area contributed by atoms with Crippen molar-refractivity contribution in [2.45, 2.75) is 93.2 Å². The van der Waals surface area contributed by atoms with Crippen LogP contribution in [0.1, 0.15) is 79.0 Å². The van der Waals surface area contributed by atoms with Gasteiger partial charge in [-0.05, 0) is 34.4 Å². The van der Waals surface area contributed by atoms with Crippen LogP contribution in [0, 0.1) is 0 Å². The summed E-state index contributed by atoms with van der Waals surface area (Å²) in [5, 5.41) is 0. The molecule has 0 aromatic heterocycles. The summed E-state index contributed by atoms with van der Waals surface area (Å²) < 4.78 is 59.2. The Labute approximate surface area is 226 Å². The molecule has 0 fully saturated rings. The van der Waals surface area contributed by atoms with Crippen LogP contribution in [0.3, 0.4) is 0 Å². The van der Waals surface area contributed by atoms with E-state index in [-0.39, 0.29) is 27.1 Å². The second-order valence-electron chi connectivity index (χ2n) is 12.5. The predicted molar refractivity (Wildman–Crippen MR) is 151 cm³/mol. The van der Waals surface area contributed by atoms with Gasteiger partial charge in [0.25, 0.3) is 0 Å². The summed E-state index contributed by atoms with van der Waals surface area (Å²) in [6, 6.07) is 27.3. The van der Waals surface area contributed by atoms with E-state index in [1.165, 1.54) is 31.4 Å². The van der Waals surface area contributed by atoms with Gasteiger partial charge in [-0.3, -0.25) is 0 Å². The Hall–Kier alpha value is -1.98. The van der Waals surface area contributed by atoms with Gasteiger partial charge in [-0.25, -0.2) is 0 Å². The van der Waals surface area contributed by atoms with Crippen molar-refractivity contribution in [2.75, 3.05) is 0 Å². The van der Waals surface area contributed by atoms with Crippen LogP contribution >= 0.6 is 7.81 Å². The Morgan fingerprint density at radius 2 is 0.605 bits per heavy atom. The molecule has 0 atom stereocenters. The zero-order valence-electron chi connectivity index (χ0n) is 23.6. The molecular weight excluding hydrogens is 537 g/mol. The van der Waals surface area contributed by atoms with Crippen LogP contribution in [0.5, 0.6) is 0 Å². The van der Waals surface area contributed by atoms with Crippen LogP contribution in [0.25, 0.3) is 0 Å². The first-order valence-electron chi connectivity index (χ1n) is 12.4. The fourth-order valence-corrected chi connectivity index (χ4v) is 7.29. The van der Waals surface area contributed by atoms with Gasteiger partial charge in [-0.15, -0.1) is 0 Å². The molecule has 3 aromatic carbocycles. The van der Waals surface area contributed by atoms with E-state index < -0.39 is 7.81 Å². The molecule has 38 heavy (non-hydrogen) atoms. The van der Waals surface area contributed by atoms with Crippen molar-refractivity contribution < 1.29 is 25.2 Å². The molecule has 0 aliphatic heterocycles. The molecule has 0 aliphatic carbocycles. The molecule has 0 aliphatic rings. The van der Waals surface area contributed by atoms with Crippen molar-refractivity contribution in [2.24, 2.45) is 0 Å². The molecule has 0 spiro atoms. The summed E-state index contributed by atoms with van der Waals surface area (Å²) in [7, 11) is -10.8. The molecule has 0 unspecified atom stereocenters. The van der Waals surface area contributed by atoms with Gasteiger partial charge in [0.2, 0.25) is 0 Å². The van der Waals surface area contributed by atoms with Crippen molar-refractivity contribution in [3.05, 3.63) is 89.5 Å². The van der Waals surface area contributed by atoms with Gasteiger partial charge >= 0.3 is 33.0 Å². The van der Waals surface area contributed by atoms with Crippen LogP contribution in [0.4, 0.5) is 25.2 Å². The molecule has 3 rings (SSSR count). The molecule has 0 N–H and O–H groups in total. The fourth-order valence-electron chi connectivity index (χ4n) is 4.15. The van der Waals surface area contributed by atoms with E-state index in [0.29, 0.717) is 0 Å². The third kappa shape index (κ3) is 9.96. The number of halogens is 6. The topological polar surface area (TPSA) is 0 Å². The molecule has 8 heteroatoms. The second-order valence-corrected chi connectivity index (χ2v) is 16.4. The second kappa shape index (κ2) is 9.89. The summed E-state index contributed by atoms with van der Waals surface area (Å²) >= 11 is 0. The van der Waals surface area contributed by atoms with Crippen molar-refractivity contribution >= 4 is 18.7 Å². The molecule has 0 saturated carbocycles. The first kappa shape index (κ1) is 32.2. The minimum absolute atomic E-state index is 0.0786. The SMILES string of the molecule is CC(C)(C)c1ccccc1[S+](c1ccccc1C(C)(C)C)c1ccccc1C(C)(C)C.F[P-](F)(F)(F)(F)F. The van der Waals surface area contributed by atoms with Gasteiger partial charge < -0.3 is 0 Å². The van der Waals surface area contributed by atoms with Crippen LogP contribution < -0.4 is 0 Å². The zero-order chi connectivity index (χ0) is 29.4. The third-order valence-corrected chi connectivity index (χ3v) is 8.13. The maximum absolute atomic E-state index is 10.7. The van der Waals surface area contributed by atoms with Crippen LogP contribution in [-0.4, -0.2) is 0 Å². The number of hydrogen-bond acceptors (Lipinski definition) is 0. The molecule has 212 valence electrons. The normalized spacial score (nSPS) is 14.8. The number of rotatable bonds is 3. The van der Waals surface area contributed by atoms with Gasteiger partial charge in [-0.2, -0.15) is 0 Å². The summed E-state index contributed by atoms with van der Waals surface area (Å²) in [6.07, 6.45) is 0. The van der Waals surface area contributed by atoms with Crippen LogP contribution in [0.15, 0.2) is 87.5 Å². The third-order valence-electron chi connectivity index (χ3n) is 5.74. The van der Waals surface area contributed by atoms with E-state index in [1.54, 1.807) is 0 Å². The monoisotopic (exact) mass is 576 g/mol. The van der Waals surface area contributed by atoms with Gasteiger partial charge in [0, 0.05) is 16.7 Å². The summed E-state index contributed by atoms with van der Waals surface area (Å²) in [4.78, 5) is 4.34. The first-order valence-corrected chi connectivity index (χ1v) is 15.6. The number of benzene rings is 3. The van der Waals surface area contributed by atoms with Crippen LogP contribution in [-0.2, 0) is 27.1 Å². The van der Waals surface area contributed by atoms with Crippen molar-refractivity contribution in [1.82, 2.24) is 0 Å². The standard InChI is InChI=1S/C30H39S.F6P/c1-28(2,3)22-16-10-13-19-25(22)31(26-20-14-11-17-23(26)29(4,5)6)27-21-15-12-18-24(27)30(7,8)9;1-7(2,3,4,5)6/h10-21H,1-9H3;/q+1;-1. The summed E-state index contributed by atoms with van der Waals surface area (Å²) in [6.45, 7) is 21.0. The van der Waals surface area contributed by atoms with Gasteiger partial charge in [0.1, 0.15) is 10.9 Å². The van der Waals surface area contributed by atoms with Gasteiger partial charge in [0.05, 0.1) is 0 Å². The quantitative estimate of drug-likeness (QED) is 0.165. The molecule has 0 bridgehead atoms. The average Bonchev–Trinajstić information content (AvgIpc) is 2.71. The number of hydrogen-bond donors (Lipinski definition) is 0. The van der Waals surface area contributed by atoms with E-state index in [4.69, 9.17) is 0 Å². The fraction of sp³-hybridized carbons (Fsp3) is 0.400. The Morgan fingerprint density at radius 1 is 0.421 bits per heavy atom. The average molecular weight is 577 g/mol. The molecule has 0 radical (unpaired) electrons. The van der Waals surface area contributed by atoms with E-state index in [9.17, 15) is 25.2 Å². The Morgan fingerprint density at radius 3 is 0.789 bits per heavy atom. The van der Waals surface area contributed by atoms with Gasteiger partial charge in [0.15, 0.2) is 14.7 Å². The summed E-state index contributed by atoms with van der Waals surface area (Å²) in [5.74, 6) is 0. The summed E-state index contributed by atoms with van der Waals surface area (Å²) in [5.41, 5.74) is 4.54. The van der Waals surface area contributed by atoms with E-state index in [1.807, 2.05) is 0 Å². The molecule has 0 heterocycles. The Bertz CT molecular complexity index is 1110. The van der Waals surface area contributed by atoms with Crippen LogP contribution in [0.2, 0.25) is 0 Å². The zero-order valence-corrected chi connectivity index (χ0v) is 25.3. The maximum atomic E-state index is 9.87. The Kier molecular flexibility index (Phi) is 8.39. The van der Waals surface area contributed by atoms with E-state index in [2.05, 4.69) is 135 Å². The van der Waals surface area contributed by atoms with E-state index in [0.717, 1.165) is 0 Å².